The molecule has 5 heteroatoms. The number of imide groups is 1. The zero-order valence-electron chi connectivity index (χ0n) is 8.93. The van der Waals surface area contributed by atoms with Crippen LogP contribution < -0.4 is 5.32 Å². The summed E-state index contributed by atoms with van der Waals surface area (Å²) in [7, 11) is 0. The summed E-state index contributed by atoms with van der Waals surface area (Å²) in [6, 6.07) is 3.95. The Morgan fingerprint density at radius 3 is 1.76 bits per heavy atom. The van der Waals surface area contributed by atoms with E-state index < -0.39 is 22.6 Å². The molecule has 4 atom stereocenters. The minimum Gasteiger partial charge on any atom is -0.293 e. The molecule has 1 saturated heterocycles. The van der Waals surface area contributed by atoms with Crippen molar-refractivity contribution in [1.82, 2.24) is 5.32 Å². The Labute approximate surface area is 97.7 Å². The van der Waals surface area contributed by atoms with Gasteiger partial charge in [-0.3, -0.25) is 14.9 Å². The Morgan fingerprint density at radius 2 is 1.47 bits per heavy atom. The van der Waals surface area contributed by atoms with Gasteiger partial charge in [0.2, 0.25) is 11.8 Å². The highest BCUT2D eigenvalue weighted by atomic mass is 16.2. The van der Waals surface area contributed by atoms with Gasteiger partial charge in [-0.25, -0.2) is 0 Å². The molecular weight excluding hydrogens is 218 g/mol. The first-order valence-electron chi connectivity index (χ1n) is 5.50. The highest BCUT2D eigenvalue weighted by Gasteiger charge is 2.75. The van der Waals surface area contributed by atoms with Crippen molar-refractivity contribution in [2.45, 2.75) is 12.8 Å². The number of fused-ring (bicyclic) bond motifs is 1. The fourth-order valence-electron chi connectivity index (χ4n) is 3.57. The summed E-state index contributed by atoms with van der Waals surface area (Å²) >= 11 is 0. The third kappa shape index (κ3) is 0.754. The topological polar surface area (TPSA) is 93.8 Å². The molecule has 0 aromatic rings. The van der Waals surface area contributed by atoms with Crippen molar-refractivity contribution in [3.05, 3.63) is 12.2 Å². The van der Waals surface area contributed by atoms with Gasteiger partial charge in [0.1, 0.15) is 0 Å². The van der Waals surface area contributed by atoms with Gasteiger partial charge in [-0.05, 0) is 12.8 Å². The number of hydrogen-bond acceptors (Lipinski definition) is 4. The molecule has 84 valence electrons. The van der Waals surface area contributed by atoms with Crippen molar-refractivity contribution >= 4 is 11.8 Å². The van der Waals surface area contributed by atoms with E-state index in [4.69, 9.17) is 0 Å². The Hall–Kier alpha value is -2.14. The molecule has 0 aromatic heterocycles. The van der Waals surface area contributed by atoms with Crippen LogP contribution in [0.4, 0.5) is 0 Å². The van der Waals surface area contributed by atoms with Crippen LogP contribution in [0.5, 0.6) is 0 Å². The van der Waals surface area contributed by atoms with Crippen molar-refractivity contribution in [2.75, 3.05) is 0 Å². The first-order chi connectivity index (χ1) is 8.13. The summed E-state index contributed by atoms with van der Waals surface area (Å²) in [4.78, 5) is 24.0. The van der Waals surface area contributed by atoms with Crippen LogP contribution in [0.2, 0.25) is 0 Å². The van der Waals surface area contributed by atoms with Gasteiger partial charge in [0.15, 0.2) is 10.8 Å². The van der Waals surface area contributed by atoms with Gasteiger partial charge in [-0.15, -0.1) is 0 Å². The predicted octanol–water partition coefficient (Wildman–Crippen LogP) is 0.259. The van der Waals surface area contributed by atoms with E-state index in [1.165, 1.54) is 0 Å². The minimum absolute atomic E-state index is 0.330. The molecule has 2 amide bonds. The van der Waals surface area contributed by atoms with Gasteiger partial charge in [0, 0.05) is 11.8 Å². The van der Waals surface area contributed by atoms with Crippen molar-refractivity contribution < 1.29 is 9.59 Å². The zero-order chi connectivity index (χ0) is 12.3. The average molecular weight is 227 g/mol. The maximum atomic E-state index is 12.0. The molecule has 1 N–H and O–H groups in total. The van der Waals surface area contributed by atoms with Crippen LogP contribution in [0.25, 0.3) is 0 Å². The molecule has 0 aromatic carbocycles. The molecule has 4 aliphatic rings. The Bertz CT molecular complexity index is 505. The van der Waals surface area contributed by atoms with E-state index in [1.807, 2.05) is 24.3 Å². The van der Waals surface area contributed by atoms with Gasteiger partial charge in [-0.1, -0.05) is 12.2 Å². The molecule has 0 spiro atoms. The number of carbonyl (C=O) groups is 2. The SMILES string of the molecule is N#C[C@]12C(=O)NC(=O)[C@]1(C#N)[C@@H]1C=C[C@@H]2CC1. The lowest BCUT2D eigenvalue weighted by molar-refractivity contribution is -0.136. The van der Waals surface area contributed by atoms with Gasteiger partial charge < -0.3 is 0 Å². The second kappa shape index (κ2) is 2.75. The lowest BCUT2D eigenvalue weighted by Crippen LogP contribution is -2.56. The fourth-order valence-corrected chi connectivity index (χ4v) is 3.57. The van der Waals surface area contributed by atoms with Crippen molar-refractivity contribution in [2.24, 2.45) is 22.7 Å². The smallest absolute Gasteiger partial charge is 0.249 e. The van der Waals surface area contributed by atoms with E-state index in [0.717, 1.165) is 0 Å². The molecule has 3 aliphatic carbocycles. The highest BCUT2D eigenvalue weighted by Crippen LogP contribution is 2.62. The third-order valence-corrected chi connectivity index (χ3v) is 4.39. The van der Waals surface area contributed by atoms with Gasteiger partial charge in [0.05, 0.1) is 12.1 Å². The normalized spacial score (nSPS) is 46.0. The van der Waals surface area contributed by atoms with Crippen LogP contribution in [-0.2, 0) is 9.59 Å². The van der Waals surface area contributed by atoms with Crippen LogP contribution in [0.3, 0.4) is 0 Å². The zero-order valence-corrected chi connectivity index (χ0v) is 8.93. The predicted molar refractivity (Wildman–Crippen MR) is 54.6 cm³/mol. The van der Waals surface area contributed by atoms with Crippen molar-refractivity contribution in [3.63, 3.8) is 0 Å². The van der Waals surface area contributed by atoms with E-state index in [-0.39, 0.29) is 11.8 Å². The number of hydrogen-bond donors (Lipinski definition) is 1. The number of amides is 2. The molecule has 0 radical (unpaired) electrons. The number of nitrogens with zero attached hydrogens (tertiary/aromatic N) is 2. The van der Waals surface area contributed by atoms with Crippen molar-refractivity contribution in [3.8, 4) is 12.1 Å². The summed E-state index contributed by atoms with van der Waals surface area (Å²) < 4.78 is 0. The molecule has 1 heterocycles. The second-order valence-electron chi connectivity index (χ2n) is 4.80. The number of nitriles is 2. The van der Waals surface area contributed by atoms with Gasteiger partial charge in [0.25, 0.3) is 0 Å². The molecule has 1 saturated carbocycles. The van der Waals surface area contributed by atoms with E-state index in [9.17, 15) is 20.1 Å². The van der Waals surface area contributed by atoms with Gasteiger partial charge >= 0.3 is 0 Å². The first kappa shape index (κ1) is 10.0. The molecule has 2 fully saturated rings. The number of nitrogens with one attached hydrogen (secondary N) is 1. The van der Waals surface area contributed by atoms with E-state index in [1.54, 1.807) is 0 Å². The summed E-state index contributed by atoms with van der Waals surface area (Å²) in [6.07, 6.45) is 4.98. The molecule has 0 unspecified atom stereocenters. The summed E-state index contributed by atoms with van der Waals surface area (Å²) in [5, 5.41) is 21.0. The van der Waals surface area contributed by atoms with Crippen LogP contribution in [0.15, 0.2) is 12.2 Å². The van der Waals surface area contributed by atoms with Crippen LogP contribution in [-0.4, -0.2) is 11.8 Å². The second-order valence-corrected chi connectivity index (χ2v) is 4.80. The van der Waals surface area contributed by atoms with Crippen LogP contribution in [0, 0.1) is 45.3 Å². The highest BCUT2D eigenvalue weighted by molar-refractivity contribution is 6.13. The lowest BCUT2D eigenvalue weighted by atomic mass is 9.47. The first-order valence-corrected chi connectivity index (χ1v) is 5.50. The standard InChI is InChI=1S/C12H9N3O2/c13-5-11-7-1-2-8(4-3-7)12(11,6-14)10(17)15-9(11)16/h1-2,7-8H,3-4H2,(H,15,16,17)/t7-,8-,11+,12+/m1/s1. The van der Waals surface area contributed by atoms with Crippen LogP contribution >= 0.6 is 0 Å². The summed E-state index contributed by atoms with van der Waals surface area (Å²) in [5.41, 5.74) is -3.03. The van der Waals surface area contributed by atoms with E-state index in [2.05, 4.69) is 5.32 Å². The van der Waals surface area contributed by atoms with Gasteiger partial charge in [-0.2, -0.15) is 10.5 Å². The van der Waals surface area contributed by atoms with E-state index in [0.29, 0.717) is 12.8 Å². The summed E-state index contributed by atoms with van der Waals surface area (Å²) in [6.45, 7) is 0. The van der Waals surface area contributed by atoms with Crippen molar-refractivity contribution in [1.29, 1.82) is 10.5 Å². The molecule has 5 nitrogen and oxygen atoms in total. The molecule has 17 heavy (non-hydrogen) atoms. The number of carbonyl (C=O) groups excluding carboxylic acids is 2. The van der Waals surface area contributed by atoms with E-state index >= 15 is 0 Å². The lowest BCUT2D eigenvalue weighted by Gasteiger charge is -2.48. The number of rotatable bonds is 0. The molecular formula is C12H9N3O2. The Morgan fingerprint density at radius 1 is 1.06 bits per heavy atom. The summed E-state index contributed by atoms with van der Waals surface area (Å²) in [5.74, 6) is -1.87. The number of allylic oxidation sites excluding steroid dienone is 2. The quantitative estimate of drug-likeness (QED) is 0.474. The molecule has 1 aliphatic heterocycles. The largest absolute Gasteiger partial charge is 0.293 e. The fraction of sp³-hybridized carbons (Fsp3) is 0.500. The minimum atomic E-state index is -1.52. The Kier molecular flexibility index (Phi) is 1.63. The Balaban J connectivity index is 2.37. The maximum Gasteiger partial charge on any atom is 0.249 e. The molecule has 4 rings (SSSR count). The third-order valence-electron chi connectivity index (χ3n) is 4.39. The molecule has 2 bridgehead atoms. The maximum absolute atomic E-state index is 12.0. The monoisotopic (exact) mass is 227 g/mol. The van der Waals surface area contributed by atoms with Crippen LogP contribution in [0.1, 0.15) is 12.8 Å². The average Bonchev–Trinajstić information content (AvgIpc) is 2.61.